The molecule has 138 valence electrons. The van der Waals surface area contributed by atoms with Gasteiger partial charge in [0.15, 0.2) is 10.9 Å². The van der Waals surface area contributed by atoms with Crippen molar-refractivity contribution in [3.63, 3.8) is 0 Å². The van der Waals surface area contributed by atoms with Crippen molar-refractivity contribution in [3.05, 3.63) is 65.0 Å². The van der Waals surface area contributed by atoms with Gasteiger partial charge in [0.25, 0.3) is 0 Å². The van der Waals surface area contributed by atoms with E-state index < -0.39 is 5.82 Å². The summed E-state index contributed by atoms with van der Waals surface area (Å²) in [6, 6.07) is 10.1. The van der Waals surface area contributed by atoms with Crippen molar-refractivity contribution >= 4 is 39.9 Å². The summed E-state index contributed by atoms with van der Waals surface area (Å²) in [5.41, 5.74) is 1.67. The molecule has 0 atom stereocenters. The van der Waals surface area contributed by atoms with Gasteiger partial charge in [0.05, 0.1) is 11.4 Å². The van der Waals surface area contributed by atoms with Crippen molar-refractivity contribution in [3.8, 4) is 11.3 Å². The van der Waals surface area contributed by atoms with E-state index in [4.69, 9.17) is 0 Å². The first-order valence-electron chi connectivity index (χ1n) is 7.87. The molecule has 1 amide bonds. The van der Waals surface area contributed by atoms with E-state index in [1.165, 1.54) is 48.6 Å². The number of carbonyl (C=O) groups is 2. The molecular formula is C19H14F2N2O2S2. The molecule has 1 heterocycles. The zero-order chi connectivity index (χ0) is 19.4. The van der Waals surface area contributed by atoms with Gasteiger partial charge in [-0.3, -0.25) is 9.59 Å². The van der Waals surface area contributed by atoms with Crippen LogP contribution in [0.4, 0.5) is 13.9 Å². The van der Waals surface area contributed by atoms with Crippen LogP contribution >= 0.6 is 23.1 Å². The van der Waals surface area contributed by atoms with E-state index in [1.54, 1.807) is 17.5 Å². The largest absolute Gasteiger partial charge is 0.301 e. The van der Waals surface area contributed by atoms with Gasteiger partial charge in [-0.1, -0.05) is 6.07 Å². The number of amides is 1. The number of thioether (sulfide) groups is 1. The van der Waals surface area contributed by atoms with E-state index in [0.717, 1.165) is 17.3 Å². The van der Waals surface area contributed by atoms with Crippen LogP contribution < -0.4 is 5.32 Å². The third-order valence-electron chi connectivity index (χ3n) is 3.59. The van der Waals surface area contributed by atoms with Crippen molar-refractivity contribution in [1.29, 1.82) is 0 Å². The van der Waals surface area contributed by atoms with Crippen LogP contribution in [0, 0.1) is 11.6 Å². The Hall–Kier alpha value is -2.58. The molecule has 0 spiro atoms. The Morgan fingerprint density at radius 2 is 1.89 bits per heavy atom. The van der Waals surface area contributed by atoms with Crippen LogP contribution in [-0.2, 0) is 4.79 Å². The average Bonchev–Trinajstić information content (AvgIpc) is 3.09. The monoisotopic (exact) mass is 404 g/mol. The number of rotatable bonds is 6. The SMILES string of the molecule is CC(=O)c1ccc(SCC(=O)Nc2nc(-c3ccc(F)cc3)cs2)c(F)c1. The van der Waals surface area contributed by atoms with Gasteiger partial charge in [-0.25, -0.2) is 13.8 Å². The minimum Gasteiger partial charge on any atom is -0.301 e. The molecule has 0 fully saturated rings. The molecule has 4 nitrogen and oxygen atoms in total. The van der Waals surface area contributed by atoms with E-state index in [-0.39, 0.29) is 28.8 Å². The number of nitrogens with one attached hydrogen (secondary N) is 1. The summed E-state index contributed by atoms with van der Waals surface area (Å²) in [4.78, 5) is 27.9. The standard InChI is InChI=1S/C19H14F2N2O2S2/c1-11(24)13-4-7-17(15(21)8-13)26-10-18(25)23-19-22-16(9-27-19)12-2-5-14(20)6-3-12/h2-9H,10H2,1H3,(H,22,23,25). The predicted octanol–water partition coefficient (Wildman–Crippen LogP) is 5.02. The number of ketones is 1. The summed E-state index contributed by atoms with van der Waals surface area (Å²) in [6.45, 7) is 1.36. The lowest BCUT2D eigenvalue weighted by Crippen LogP contribution is -2.14. The molecule has 0 unspecified atom stereocenters. The van der Waals surface area contributed by atoms with Crippen LogP contribution in [0.5, 0.6) is 0 Å². The zero-order valence-electron chi connectivity index (χ0n) is 14.2. The van der Waals surface area contributed by atoms with Crippen molar-refractivity contribution in [1.82, 2.24) is 4.98 Å². The fourth-order valence-corrected chi connectivity index (χ4v) is 3.68. The molecule has 27 heavy (non-hydrogen) atoms. The number of halogens is 2. The maximum atomic E-state index is 14.0. The average molecular weight is 404 g/mol. The predicted molar refractivity (Wildman–Crippen MR) is 103 cm³/mol. The molecule has 0 radical (unpaired) electrons. The minimum atomic E-state index is -0.534. The third kappa shape index (κ3) is 4.99. The smallest absolute Gasteiger partial charge is 0.236 e. The van der Waals surface area contributed by atoms with Gasteiger partial charge in [-0.05, 0) is 43.3 Å². The first-order valence-corrected chi connectivity index (χ1v) is 9.73. The number of thiazole rings is 1. The third-order valence-corrected chi connectivity index (χ3v) is 5.39. The first-order chi connectivity index (χ1) is 12.9. The second-order valence-corrected chi connectivity index (χ2v) is 7.46. The number of anilines is 1. The zero-order valence-corrected chi connectivity index (χ0v) is 15.8. The molecule has 1 aromatic heterocycles. The lowest BCUT2D eigenvalue weighted by molar-refractivity contribution is -0.113. The highest BCUT2D eigenvalue weighted by molar-refractivity contribution is 8.00. The van der Waals surface area contributed by atoms with Crippen LogP contribution in [0.25, 0.3) is 11.3 Å². The molecule has 0 aliphatic rings. The highest BCUT2D eigenvalue weighted by Gasteiger charge is 2.11. The fraction of sp³-hybridized carbons (Fsp3) is 0.105. The molecule has 0 aliphatic carbocycles. The lowest BCUT2D eigenvalue weighted by Gasteiger charge is -2.05. The van der Waals surface area contributed by atoms with Crippen LogP contribution in [0.1, 0.15) is 17.3 Å². The highest BCUT2D eigenvalue weighted by Crippen LogP contribution is 2.26. The molecule has 0 aliphatic heterocycles. The van der Waals surface area contributed by atoms with Gasteiger partial charge >= 0.3 is 0 Å². The molecule has 3 rings (SSSR count). The Morgan fingerprint density at radius 1 is 1.15 bits per heavy atom. The van der Waals surface area contributed by atoms with E-state index >= 15 is 0 Å². The van der Waals surface area contributed by atoms with Crippen molar-refractivity contribution in [2.45, 2.75) is 11.8 Å². The summed E-state index contributed by atoms with van der Waals surface area (Å²) >= 11 is 2.29. The van der Waals surface area contributed by atoms with Crippen LogP contribution in [0.15, 0.2) is 52.7 Å². The first kappa shape index (κ1) is 19.2. The number of hydrogen-bond donors (Lipinski definition) is 1. The number of hydrogen-bond acceptors (Lipinski definition) is 5. The highest BCUT2D eigenvalue weighted by atomic mass is 32.2. The van der Waals surface area contributed by atoms with Crippen molar-refractivity contribution in [2.24, 2.45) is 0 Å². The van der Waals surface area contributed by atoms with Crippen LogP contribution in [0.3, 0.4) is 0 Å². The van der Waals surface area contributed by atoms with Gasteiger partial charge in [-0.2, -0.15) is 0 Å². The number of benzene rings is 2. The molecule has 0 saturated carbocycles. The maximum absolute atomic E-state index is 14.0. The number of aromatic nitrogens is 1. The Bertz CT molecular complexity index is 988. The van der Waals surface area contributed by atoms with E-state index in [9.17, 15) is 18.4 Å². The Kier molecular flexibility index (Phi) is 5.98. The Balaban J connectivity index is 1.58. The van der Waals surface area contributed by atoms with Crippen LogP contribution in [-0.4, -0.2) is 22.4 Å². The number of carbonyl (C=O) groups excluding carboxylic acids is 2. The summed E-state index contributed by atoms with van der Waals surface area (Å²) < 4.78 is 26.9. The molecule has 0 saturated heterocycles. The van der Waals surface area contributed by atoms with Gasteiger partial charge in [-0.15, -0.1) is 23.1 Å². The van der Waals surface area contributed by atoms with Gasteiger partial charge in [0, 0.05) is 21.4 Å². The molecule has 3 aromatic rings. The second-order valence-electron chi connectivity index (χ2n) is 5.58. The Labute approximate surface area is 162 Å². The van der Waals surface area contributed by atoms with Crippen LogP contribution in [0.2, 0.25) is 0 Å². The van der Waals surface area contributed by atoms with Gasteiger partial charge in [0.1, 0.15) is 11.6 Å². The van der Waals surface area contributed by atoms with E-state index in [0.29, 0.717) is 15.7 Å². The topological polar surface area (TPSA) is 59.1 Å². The fourth-order valence-electron chi connectivity index (χ4n) is 2.22. The molecular weight excluding hydrogens is 390 g/mol. The minimum absolute atomic E-state index is 0.00179. The quantitative estimate of drug-likeness (QED) is 0.463. The van der Waals surface area contributed by atoms with Gasteiger partial charge < -0.3 is 5.32 Å². The summed E-state index contributed by atoms with van der Waals surface area (Å²) in [7, 11) is 0. The molecule has 0 bridgehead atoms. The lowest BCUT2D eigenvalue weighted by atomic mass is 10.1. The number of nitrogens with zero attached hydrogens (tertiary/aromatic N) is 1. The Morgan fingerprint density at radius 3 is 2.56 bits per heavy atom. The van der Waals surface area contributed by atoms with E-state index in [2.05, 4.69) is 10.3 Å². The maximum Gasteiger partial charge on any atom is 0.236 e. The molecule has 8 heteroatoms. The van der Waals surface area contributed by atoms with Crippen molar-refractivity contribution in [2.75, 3.05) is 11.1 Å². The molecule has 1 N–H and O–H groups in total. The van der Waals surface area contributed by atoms with Crippen molar-refractivity contribution < 1.29 is 18.4 Å². The normalized spacial score (nSPS) is 10.6. The second kappa shape index (κ2) is 8.41. The summed E-state index contributed by atoms with van der Waals surface area (Å²) in [5.74, 6) is -1.41. The van der Waals surface area contributed by atoms with E-state index in [1.807, 2.05) is 0 Å². The summed E-state index contributed by atoms with van der Waals surface area (Å²) in [5, 5.41) is 4.83. The van der Waals surface area contributed by atoms with Gasteiger partial charge in [0.2, 0.25) is 5.91 Å². The number of Topliss-reactive ketones (excluding diaryl/α,β-unsaturated/α-hetero) is 1. The molecule has 2 aromatic carbocycles. The summed E-state index contributed by atoms with van der Waals surface area (Å²) in [6.07, 6.45) is 0.